The Bertz CT molecular complexity index is 868. The van der Waals surface area contributed by atoms with Crippen LogP contribution in [0.2, 0.25) is 0 Å². The summed E-state index contributed by atoms with van der Waals surface area (Å²) in [6, 6.07) is 13.8. The number of rotatable bonds is 2. The first-order valence-corrected chi connectivity index (χ1v) is 6.41. The first-order chi connectivity index (χ1) is 10.2. The minimum Gasteiger partial charge on any atom is -0.455 e. The lowest BCUT2D eigenvalue weighted by Crippen LogP contribution is -1.94. The van der Waals surface area contributed by atoms with E-state index in [9.17, 15) is 9.65 Å². The van der Waals surface area contributed by atoms with Gasteiger partial charge in [0.1, 0.15) is 23.2 Å². The number of pyridine rings is 1. The first-order valence-electron chi connectivity index (χ1n) is 6.41. The fourth-order valence-corrected chi connectivity index (χ4v) is 2.14. The molecule has 0 atom stereocenters. The Balaban J connectivity index is 2.17. The van der Waals surface area contributed by atoms with Gasteiger partial charge in [-0.25, -0.2) is 4.39 Å². The molecule has 0 unspecified atom stereocenters. The van der Waals surface area contributed by atoms with Gasteiger partial charge < -0.3 is 4.74 Å². The van der Waals surface area contributed by atoms with E-state index in [1.807, 2.05) is 24.3 Å². The van der Waals surface area contributed by atoms with Crippen LogP contribution in [0.1, 0.15) is 11.1 Å². The molecule has 0 aliphatic heterocycles. The zero-order chi connectivity index (χ0) is 14.8. The highest BCUT2D eigenvalue weighted by molar-refractivity contribution is 5.87. The van der Waals surface area contributed by atoms with Crippen molar-refractivity contribution in [3.63, 3.8) is 0 Å². The van der Waals surface area contributed by atoms with E-state index in [0.717, 1.165) is 10.9 Å². The summed E-state index contributed by atoms with van der Waals surface area (Å²) in [5.74, 6) is 0.641. The summed E-state index contributed by atoms with van der Waals surface area (Å²) in [6.07, 6.45) is 1.48. The molecule has 1 heterocycles. The number of fused-ring (bicyclic) bond motifs is 1. The number of hydrogen-bond donors (Lipinski definition) is 0. The quantitative estimate of drug-likeness (QED) is 0.700. The van der Waals surface area contributed by atoms with Gasteiger partial charge in [0.05, 0.1) is 5.52 Å². The highest BCUT2D eigenvalue weighted by Gasteiger charge is 2.12. The summed E-state index contributed by atoms with van der Waals surface area (Å²) < 4.78 is 19.0. The maximum absolute atomic E-state index is 13.2. The van der Waals surface area contributed by atoms with Gasteiger partial charge >= 0.3 is 0 Å². The summed E-state index contributed by atoms with van der Waals surface area (Å²) in [5, 5.41) is 9.99. The third-order valence-electron chi connectivity index (χ3n) is 3.20. The molecule has 0 N–H and O–H groups in total. The fraction of sp³-hybridized carbons (Fsp3) is 0.0588. The second-order valence-electron chi connectivity index (χ2n) is 4.64. The minimum absolute atomic E-state index is 0.319. The minimum atomic E-state index is -0.319. The normalized spacial score (nSPS) is 10.3. The van der Waals surface area contributed by atoms with Gasteiger partial charge in [0.2, 0.25) is 0 Å². The molecule has 3 aromatic rings. The number of aryl methyl sites for hydroxylation is 1. The number of hydrogen-bond acceptors (Lipinski definition) is 3. The first kappa shape index (κ1) is 13.1. The Morgan fingerprint density at radius 2 is 2.00 bits per heavy atom. The van der Waals surface area contributed by atoms with Gasteiger partial charge in [-0.05, 0) is 42.8 Å². The lowest BCUT2D eigenvalue weighted by atomic mass is 10.1. The van der Waals surface area contributed by atoms with Crippen molar-refractivity contribution in [3.05, 3.63) is 65.6 Å². The van der Waals surface area contributed by atoms with Crippen molar-refractivity contribution in [1.82, 2.24) is 4.98 Å². The van der Waals surface area contributed by atoms with Crippen molar-refractivity contribution in [2.24, 2.45) is 0 Å². The van der Waals surface area contributed by atoms with Crippen LogP contribution in [-0.2, 0) is 0 Å². The second-order valence-corrected chi connectivity index (χ2v) is 4.64. The van der Waals surface area contributed by atoms with Crippen LogP contribution in [0, 0.1) is 24.1 Å². The molecule has 3 rings (SSSR count). The van der Waals surface area contributed by atoms with E-state index in [-0.39, 0.29) is 5.82 Å². The van der Waals surface area contributed by atoms with Crippen LogP contribution in [0.15, 0.2) is 48.7 Å². The maximum atomic E-state index is 13.2. The van der Waals surface area contributed by atoms with Crippen molar-refractivity contribution in [2.45, 2.75) is 6.92 Å². The molecule has 1 aromatic heterocycles. The molecule has 102 valence electrons. The van der Waals surface area contributed by atoms with Crippen molar-refractivity contribution in [3.8, 4) is 17.6 Å². The largest absolute Gasteiger partial charge is 0.455 e. The Labute approximate surface area is 121 Å². The average molecular weight is 278 g/mol. The number of benzene rings is 2. The molecule has 0 saturated carbocycles. The molecule has 0 bridgehead atoms. The zero-order valence-corrected chi connectivity index (χ0v) is 11.3. The van der Waals surface area contributed by atoms with Crippen molar-refractivity contribution in [2.75, 3.05) is 0 Å². The predicted octanol–water partition coefficient (Wildman–Crippen LogP) is 4.35. The summed E-state index contributed by atoms with van der Waals surface area (Å²) >= 11 is 0. The van der Waals surface area contributed by atoms with E-state index < -0.39 is 0 Å². The third kappa shape index (κ3) is 2.41. The number of para-hydroxylation sites is 1. The van der Waals surface area contributed by atoms with Gasteiger partial charge in [-0.2, -0.15) is 5.26 Å². The van der Waals surface area contributed by atoms with E-state index in [0.29, 0.717) is 22.6 Å². The smallest absolute Gasteiger partial charge is 0.156 e. The van der Waals surface area contributed by atoms with E-state index >= 15 is 0 Å². The van der Waals surface area contributed by atoms with Gasteiger partial charge in [-0.1, -0.05) is 12.1 Å². The fourth-order valence-electron chi connectivity index (χ4n) is 2.14. The lowest BCUT2D eigenvalue weighted by molar-refractivity contribution is 0.480. The number of halogens is 1. The van der Waals surface area contributed by atoms with Crippen LogP contribution < -0.4 is 4.74 Å². The van der Waals surface area contributed by atoms with E-state index in [1.54, 1.807) is 13.0 Å². The Morgan fingerprint density at radius 3 is 2.76 bits per heavy atom. The molecule has 0 aliphatic carbocycles. The average Bonchev–Trinajstić information content (AvgIpc) is 2.50. The van der Waals surface area contributed by atoms with Crippen LogP contribution in [-0.4, -0.2) is 4.98 Å². The third-order valence-corrected chi connectivity index (χ3v) is 3.20. The van der Waals surface area contributed by atoms with Crippen molar-refractivity contribution >= 4 is 10.9 Å². The van der Waals surface area contributed by atoms with E-state index in [1.165, 1.54) is 18.3 Å². The molecular weight excluding hydrogens is 267 g/mol. The summed E-state index contributed by atoms with van der Waals surface area (Å²) in [6.45, 7) is 1.76. The van der Waals surface area contributed by atoms with Crippen LogP contribution >= 0.6 is 0 Å². The molecule has 3 nitrogen and oxygen atoms in total. The van der Waals surface area contributed by atoms with E-state index in [2.05, 4.69) is 11.1 Å². The Hall–Kier alpha value is -2.93. The maximum Gasteiger partial charge on any atom is 0.156 e. The Kier molecular flexibility index (Phi) is 3.25. The zero-order valence-electron chi connectivity index (χ0n) is 11.3. The molecule has 2 aromatic carbocycles. The van der Waals surface area contributed by atoms with E-state index in [4.69, 9.17) is 4.74 Å². The van der Waals surface area contributed by atoms with Crippen LogP contribution in [0.25, 0.3) is 10.9 Å². The predicted molar refractivity (Wildman–Crippen MR) is 77.7 cm³/mol. The molecule has 4 heteroatoms. The topological polar surface area (TPSA) is 45.9 Å². The van der Waals surface area contributed by atoms with Crippen LogP contribution in [0.4, 0.5) is 4.39 Å². The molecule has 0 spiro atoms. The summed E-state index contributed by atoms with van der Waals surface area (Å²) in [7, 11) is 0. The second kappa shape index (κ2) is 5.22. The Morgan fingerprint density at radius 1 is 1.19 bits per heavy atom. The SMILES string of the molecule is Cc1cc(F)ccc1Oc1c(C#N)cnc2ccccc12. The standard InChI is InChI=1S/C17H11FN2O/c1-11-8-13(18)6-7-16(11)21-17-12(9-19)10-20-15-5-3-2-4-14(15)17/h2-8,10H,1H3. The highest BCUT2D eigenvalue weighted by atomic mass is 19.1. The van der Waals surface area contributed by atoms with Crippen LogP contribution in [0.3, 0.4) is 0 Å². The van der Waals surface area contributed by atoms with Gasteiger partial charge in [0.15, 0.2) is 5.75 Å². The number of nitriles is 1. The molecule has 0 fully saturated rings. The molecule has 0 amide bonds. The molecule has 0 saturated heterocycles. The summed E-state index contributed by atoms with van der Waals surface area (Å²) in [4.78, 5) is 4.23. The molecule has 21 heavy (non-hydrogen) atoms. The number of ether oxygens (including phenoxy) is 1. The lowest BCUT2D eigenvalue weighted by Gasteiger charge is -2.12. The molecule has 0 aliphatic rings. The molecule has 0 radical (unpaired) electrons. The van der Waals surface area contributed by atoms with Crippen molar-refractivity contribution in [1.29, 1.82) is 5.26 Å². The van der Waals surface area contributed by atoms with Gasteiger partial charge in [-0.15, -0.1) is 0 Å². The van der Waals surface area contributed by atoms with Gasteiger partial charge in [-0.3, -0.25) is 4.98 Å². The van der Waals surface area contributed by atoms with Crippen LogP contribution in [0.5, 0.6) is 11.5 Å². The highest BCUT2D eigenvalue weighted by Crippen LogP contribution is 2.33. The summed E-state index contributed by atoms with van der Waals surface area (Å²) in [5.41, 5.74) is 1.75. The number of aromatic nitrogens is 1. The van der Waals surface area contributed by atoms with Gasteiger partial charge in [0.25, 0.3) is 0 Å². The monoisotopic (exact) mass is 278 g/mol. The van der Waals surface area contributed by atoms with Crippen molar-refractivity contribution < 1.29 is 9.13 Å². The molecular formula is C17H11FN2O. The van der Waals surface area contributed by atoms with Gasteiger partial charge in [0, 0.05) is 11.6 Å². The number of nitrogens with zero attached hydrogens (tertiary/aromatic N) is 2.